The fourth-order valence-corrected chi connectivity index (χ4v) is 9.50. The van der Waals surface area contributed by atoms with Crippen molar-refractivity contribution in [2.75, 3.05) is 61.3 Å². The predicted octanol–water partition coefficient (Wildman–Crippen LogP) is 5.16. The number of para-hydroxylation sites is 1. The molecule has 4 saturated heterocycles. The third-order valence-electron chi connectivity index (χ3n) is 12.4. The zero-order chi connectivity index (χ0) is 36.3. The molecule has 1 aliphatic carbocycles. The molecule has 3 N–H and O–H groups in total. The quantitative estimate of drug-likeness (QED) is 0.221. The topological polar surface area (TPSA) is 138 Å². The van der Waals surface area contributed by atoms with Gasteiger partial charge in [-0.25, -0.2) is 19.4 Å². The van der Waals surface area contributed by atoms with Gasteiger partial charge in [0.05, 0.1) is 11.4 Å². The second-order valence-electron chi connectivity index (χ2n) is 15.6. The van der Waals surface area contributed by atoms with Gasteiger partial charge in [0.2, 0.25) is 5.91 Å². The average Bonchev–Trinajstić information content (AvgIpc) is 3.96. The number of urea groups is 1. The van der Waals surface area contributed by atoms with E-state index in [0.717, 1.165) is 98.0 Å². The average molecular weight is 725 g/mol. The number of nitrogens with one attached hydrogen (secondary N) is 1. The Balaban J connectivity index is 0.745. The first-order valence-corrected chi connectivity index (χ1v) is 19.2. The number of amides is 3. The summed E-state index contributed by atoms with van der Waals surface area (Å²) in [7, 11) is 0. The number of rotatable bonds is 8. The maximum absolute atomic E-state index is 12.3. The molecule has 6 heterocycles. The van der Waals surface area contributed by atoms with Gasteiger partial charge in [0, 0.05) is 81.3 Å². The summed E-state index contributed by atoms with van der Waals surface area (Å²) in [5.74, 6) is 3.11. The molecule has 3 unspecified atom stereocenters. The first kappa shape index (κ1) is 33.1. The van der Waals surface area contributed by atoms with Crippen LogP contribution in [-0.4, -0.2) is 99.4 Å². The molecule has 3 atom stereocenters. The van der Waals surface area contributed by atoms with E-state index in [2.05, 4.69) is 41.8 Å². The highest BCUT2D eigenvalue weighted by Crippen LogP contribution is 2.47. The van der Waals surface area contributed by atoms with E-state index >= 15 is 0 Å². The molecule has 5 fully saturated rings. The van der Waals surface area contributed by atoms with Crippen LogP contribution in [0, 0.1) is 11.8 Å². The van der Waals surface area contributed by atoms with Crippen molar-refractivity contribution in [3.8, 4) is 22.8 Å². The maximum Gasteiger partial charge on any atom is 0.328 e. The van der Waals surface area contributed by atoms with Gasteiger partial charge in [0.25, 0.3) is 0 Å². The van der Waals surface area contributed by atoms with Gasteiger partial charge in [-0.15, -0.1) is 0 Å². The Morgan fingerprint density at radius 1 is 0.722 bits per heavy atom. The number of anilines is 3. The minimum atomic E-state index is -0.344. The summed E-state index contributed by atoms with van der Waals surface area (Å²) in [5.41, 5.74) is 11.1. The van der Waals surface area contributed by atoms with Crippen LogP contribution in [-0.2, 0) is 4.79 Å². The number of nitrogens with zero attached hydrogens (tertiary/aromatic N) is 8. The highest BCUT2D eigenvalue weighted by atomic mass is 16.5. The SMILES string of the molecule is Nc1ncnc2c1c(-c1ccc(Oc3ccccc3)cc1)nn2C1CC2CN(C3CN(C4CCN(c5ccc(N6CCC(=O)NC6=O)cc5)C4)C3)CC2C1. The van der Waals surface area contributed by atoms with Crippen LogP contribution in [0.3, 0.4) is 0 Å². The van der Waals surface area contributed by atoms with Gasteiger partial charge < -0.3 is 15.4 Å². The fraction of sp³-hybridized carbons (Fsp3) is 0.390. The van der Waals surface area contributed by atoms with Gasteiger partial charge in [-0.2, -0.15) is 5.10 Å². The lowest BCUT2D eigenvalue weighted by molar-refractivity contribution is -0.120. The standard InChI is InChI=1S/C41H44N10O3/c42-39-37-38(26-6-12-35(13-7-26)54-34-4-2-1-3-5-34)46-51(40(37)44-25-43-39)32-18-27-20-48(21-28(27)19-32)33-23-49(24-33)31-14-16-47(22-31)29-8-10-30(11-9-29)50-17-15-36(52)45-41(50)53/h1-13,25,27-28,31-33H,14-24H2,(H2,42,43,44)(H,45,52,53). The van der Waals surface area contributed by atoms with Crippen molar-refractivity contribution in [1.82, 2.24) is 34.9 Å². The highest BCUT2D eigenvalue weighted by Gasteiger charge is 2.47. The largest absolute Gasteiger partial charge is 0.457 e. The van der Waals surface area contributed by atoms with E-state index in [1.165, 1.54) is 5.69 Å². The zero-order valence-electron chi connectivity index (χ0n) is 30.1. The lowest BCUT2D eigenvalue weighted by atomic mass is 10.0. The Hall–Kier alpha value is -5.53. The Morgan fingerprint density at radius 2 is 1.43 bits per heavy atom. The molecule has 1 saturated carbocycles. The molecule has 54 heavy (non-hydrogen) atoms. The maximum atomic E-state index is 12.3. The van der Waals surface area contributed by atoms with Gasteiger partial charge in [-0.1, -0.05) is 18.2 Å². The summed E-state index contributed by atoms with van der Waals surface area (Å²) in [6.45, 7) is 7.06. The van der Waals surface area contributed by atoms with Crippen LogP contribution < -0.4 is 25.6 Å². The summed E-state index contributed by atoms with van der Waals surface area (Å²) in [6.07, 6.45) is 5.24. The van der Waals surface area contributed by atoms with Crippen LogP contribution in [0.1, 0.15) is 31.7 Å². The van der Waals surface area contributed by atoms with Crippen molar-refractivity contribution in [1.29, 1.82) is 0 Å². The number of imide groups is 1. The molecular formula is C41H44N10O3. The molecule has 5 aliphatic rings. The number of hydrogen-bond acceptors (Lipinski definition) is 10. The molecule has 276 valence electrons. The molecular weight excluding hydrogens is 681 g/mol. The zero-order valence-corrected chi connectivity index (χ0v) is 30.1. The number of hydrogen-bond donors (Lipinski definition) is 2. The second-order valence-corrected chi connectivity index (χ2v) is 15.6. The number of ether oxygens (including phenoxy) is 1. The van der Waals surface area contributed by atoms with Crippen LogP contribution in [0.15, 0.2) is 85.2 Å². The lowest BCUT2D eigenvalue weighted by Crippen LogP contribution is -2.62. The van der Waals surface area contributed by atoms with E-state index < -0.39 is 0 Å². The van der Waals surface area contributed by atoms with Crippen molar-refractivity contribution >= 4 is 40.2 Å². The molecule has 3 aromatic carbocycles. The monoisotopic (exact) mass is 724 g/mol. The summed E-state index contributed by atoms with van der Waals surface area (Å²) in [4.78, 5) is 42.4. The van der Waals surface area contributed by atoms with E-state index in [4.69, 9.17) is 20.6 Å². The van der Waals surface area contributed by atoms with E-state index in [1.807, 2.05) is 66.7 Å². The number of benzene rings is 3. The van der Waals surface area contributed by atoms with Crippen molar-refractivity contribution in [2.24, 2.45) is 11.8 Å². The highest BCUT2D eigenvalue weighted by molar-refractivity contribution is 6.05. The smallest absolute Gasteiger partial charge is 0.328 e. The number of fused-ring (bicyclic) bond motifs is 2. The van der Waals surface area contributed by atoms with Gasteiger partial charge in [0.15, 0.2) is 5.65 Å². The van der Waals surface area contributed by atoms with Crippen LogP contribution >= 0.6 is 0 Å². The van der Waals surface area contributed by atoms with Gasteiger partial charge in [-0.05, 0) is 91.8 Å². The molecule has 3 amide bonds. The third-order valence-corrected chi connectivity index (χ3v) is 12.4. The molecule has 10 rings (SSSR count). The van der Waals surface area contributed by atoms with Crippen molar-refractivity contribution in [3.05, 3.63) is 85.2 Å². The number of nitrogen functional groups attached to an aromatic ring is 1. The summed E-state index contributed by atoms with van der Waals surface area (Å²) < 4.78 is 8.16. The van der Waals surface area contributed by atoms with Gasteiger partial charge in [-0.3, -0.25) is 24.8 Å². The van der Waals surface area contributed by atoms with Crippen molar-refractivity contribution < 1.29 is 14.3 Å². The minimum Gasteiger partial charge on any atom is -0.457 e. The Morgan fingerprint density at radius 3 is 2.17 bits per heavy atom. The lowest BCUT2D eigenvalue weighted by Gasteiger charge is -2.47. The van der Waals surface area contributed by atoms with Crippen LogP contribution in [0.25, 0.3) is 22.3 Å². The molecule has 13 heteroatoms. The Kier molecular flexibility index (Phi) is 8.21. The molecule has 0 radical (unpaired) electrons. The van der Waals surface area contributed by atoms with Crippen molar-refractivity contribution in [2.45, 2.75) is 43.8 Å². The number of nitrogens with two attached hydrogens (primary N) is 1. The first-order chi connectivity index (χ1) is 26.4. The fourth-order valence-electron chi connectivity index (χ4n) is 9.50. The van der Waals surface area contributed by atoms with E-state index in [-0.39, 0.29) is 18.0 Å². The van der Waals surface area contributed by atoms with Crippen molar-refractivity contribution in [3.63, 3.8) is 0 Å². The second kappa shape index (κ2) is 13.4. The van der Waals surface area contributed by atoms with E-state index in [0.29, 0.717) is 42.7 Å². The van der Waals surface area contributed by atoms with Crippen LogP contribution in [0.2, 0.25) is 0 Å². The summed E-state index contributed by atoms with van der Waals surface area (Å²) >= 11 is 0. The number of aromatic nitrogens is 4. The van der Waals surface area contributed by atoms with E-state index in [9.17, 15) is 9.59 Å². The first-order valence-electron chi connectivity index (χ1n) is 19.2. The summed E-state index contributed by atoms with van der Waals surface area (Å²) in [6, 6.07) is 27.1. The summed E-state index contributed by atoms with van der Waals surface area (Å²) in [5, 5.41) is 8.40. The van der Waals surface area contributed by atoms with Crippen LogP contribution in [0.5, 0.6) is 11.5 Å². The molecule has 4 aliphatic heterocycles. The minimum absolute atomic E-state index is 0.213. The molecule has 0 bridgehead atoms. The Labute approximate surface area is 313 Å². The normalized spacial score (nSPS) is 25.0. The number of carbonyl (C=O) groups is 2. The number of carbonyl (C=O) groups excluding carboxylic acids is 2. The van der Waals surface area contributed by atoms with E-state index in [1.54, 1.807) is 11.2 Å². The number of likely N-dealkylation sites (tertiary alicyclic amines) is 2. The van der Waals surface area contributed by atoms with Crippen LogP contribution in [0.4, 0.5) is 22.0 Å². The Bertz CT molecular complexity index is 2170. The molecule has 0 spiro atoms. The third kappa shape index (κ3) is 6.01. The van der Waals surface area contributed by atoms with Gasteiger partial charge >= 0.3 is 6.03 Å². The molecule has 5 aromatic rings. The van der Waals surface area contributed by atoms with Gasteiger partial charge in [0.1, 0.15) is 29.3 Å². The predicted molar refractivity (Wildman–Crippen MR) is 206 cm³/mol. The molecule has 13 nitrogen and oxygen atoms in total. The molecule has 2 aromatic heterocycles.